The summed E-state index contributed by atoms with van der Waals surface area (Å²) in [6.45, 7) is 8.57. The third-order valence-electron chi connectivity index (χ3n) is 10.4. The summed E-state index contributed by atoms with van der Waals surface area (Å²) in [5.41, 5.74) is 4.65. The lowest BCUT2D eigenvalue weighted by Crippen LogP contribution is -2.45. The minimum Gasteiger partial charge on any atom is -0.480 e. The summed E-state index contributed by atoms with van der Waals surface area (Å²) in [6.07, 6.45) is 4.48. The predicted octanol–water partition coefficient (Wildman–Crippen LogP) is 5.41. The van der Waals surface area contributed by atoms with E-state index in [1.807, 2.05) is 60.9 Å². The van der Waals surface area contributed by atoms with Gasteiger partial charge in [-0.3, -0.25) is 29.0 Å². The molecule has 1 amide bonds. The highest BCUT2D eigenvalue weighted by Crippen LogP contribution is 2.34. The molecule has 0 bridgehead atoms. The number of piperidine rings is 2. The molecule has 0 unspecified atom stereocenters. The Morgan fingerprint density at radius 3 is 1.85 bits per heavy atom. The van der Waals surface area contributed by atoms with Gasteiger partial charge in [0, 0.05) is 12.1 Å². The van der Waals surface area contributed by atoms with Crippen LogP contribution < -0.4 is 5.32 Å². The number of nitrogens with one attached hydrogen (secondary N) is 1. The highest BCUT2D eigenvalue weighted by atomic mass is 16.4. The number of carboxylic acids is 2. The van der Waals surface area contributed by atoms with Gasteiger partial charge >= 0.3 is 23.7 Å². The number of benzene rings is 2. The smallest absolute Gasteiger partial charge is 0.320 e. The van der Waals surface area contributed by atoms with E-state index in [1.165, 1.54) is 0 Å². The van der Waals surface area contributed by atoms with E-state index >= 15 is 0 Å². The summed E-state index contributed by atoms with van der Waals surface area (Å²) in [6, 6.07) is 8.95. The monoisotopic (exact) mass is 713 g/mol. The van der Waals surface area contributed by atoms with Crippen LogP contribution in [-0.2, 0) is 16.0 Å². The van der Waals surface area contributed by atoms with E-state index in [1.54, 1.807) is 13.0 Å². The number of aromatic nitrogens is 4. The van der Waals surface area contributed by atoms with Gasteiger partial charge in [0.05, 0.1) is 12.1 Å². The van der Waals surface area contributed by atoms with Crippen LogP contribution in [0, 0.1) is 13.8 Å². The van der Waals surface area contributed by atoms with Crippen molar-refractivity contribution in [1.29, 1.82) is 0 Å². The third-order valence-corrected chi connectivity index (χ3v) is 10.4. The van der Waals surface area contributed by atoms with E-state index in [0.29, 0.717) is 31.6 Å². The van der Waals surface area contributed by atoms with Gasteiger partial charge in [-0.2, -0.15) is 0 Å². The maximum Gasteiger partial charge on any atom is 0.320 e. The number of nitrogens with zero attached hydrogens (tertiary/aromatic N) is 6. The number of Topliss-reactive ketones (excluding diaryl/α,β-unsaturated/α-hetero) is 1. The number of rotatable bonds is 12. The van der Waals surface area contributed by atoms with E-state index in [9.17, 15) is 29.4 Å². The second-order valence-electron chi connectivity index (χ2n) is 13.5. The number of amides is 1. The molecule has 274 valence electrons. The first-order chi connectivity index (χ1) is 24.9. The zero-order valence-electron chi connectivity index (χ0n) is 29.7. The molecule has 0 aliphatic carbocycles. The van der Waals surface area contributed by atoms with Gasteiger partial charge in [-0.15, -0.1) is 20.4 Å². The van der Waals surface area contributed by atoms with Crippen LogP contribution in [0.1, 0.15) is 114 Å². The van der Waals surface area contributed by atoms with Crippen LogP contribution in [0.25, 0.3) is 11.1 Å². The summed E-state index contributed by atoms with van der Waals surface area (Å²) in [5, 5.41) is 38.3. The van der Waals surface area contributed by atoms with Crippen molar-refractivity contribution in [3.63, 3.8) is 0 Å². The van der Waals surface area contributed by atoms with E-state index in [4.69, 9.17) is 8.83 Å². The van der Waals surface area contributed by atoms with E-state index in [-0.39, 0.29) is 35.8 Å². The lowest BCUT2D eigenvalue weighted by Gasteiger charge is -2.35. The fraction of sp³-hybridized carbons (Fsp3) is 0.459. The highest BCUT2D eigenvalue weighted by molar-refractivity contribution is 6.02. The Morgan fingerprint density at radius 2 is 1.27 bits per heavy atom. The SMILES string of the molecule is Cc1c(CC(=O)c2nnc([C@H](C)N3CCCC[C@H]3C(=O)O)o2)cccc1-c1cccc(NC(=O)c2nnc([C@H](C)N3CCCC[C@H]3C(=O)O)o2)c1C. The van der Waals surface area contributed by atoms with Crippen molar-refractivity contribution in [3.05, 3.63) is 76.7 Å². The van der Waals surface area contributed by atoms with Gasteiger partial charge in [0.1, 0.15) is 12.1 Å². The van der Waals surface area contributed by atoms with Gasteiger partial charge in [0.2, 0.25) is 17.6 Å². The zero-order valence-corrected chi connectivity index (χ0v) is 29.7. The Labute approximate surface area is 300 Å². The normalized spacial score (nSPS) is 19.5. The van der Waals surface area contributed by atoms with Crippen LogP contribution in [0.4, 0.5) is 5.69 Å². The molecule has 4 aromatic rings. The van der Waals surface area contributed by atoms with Crippen molar-refractivity contribution in [1.82, 2.24) is 30.2 Å². The molecule has 4 atom stereocenters. The van der Waals surface area contributed by atoms with Crippen LogP contribution in [0.5, 0.6) is 0 Å². The molecule has 52 heavy (non-hydrogen) atoms. The van der Waals surface area contributed by atoms with E-state index < -0.39 is 42.0 Å². The summed E-state index contributed by atoms with van der Waals surface area (Å²) in [4.78, 5) is 53.9. The van der Waals surface area contributed by atoms with Crippen LogP contribution in [-0.4, -0.2) is 89.2 Å². The number of hydrogen-bond donors (Lipinski definition) is 3. The van der Waals surface area contributed by atoms with Crippen LogP contribution in [0.2, 0.25) is 0 Å². The Balaban J connectivity index is 1.15. The van der Waals surface area contributed by atoms with Crippen LogP contribution >= 0.6 is 0 Å². The number of carbonyl (C=O) groups is 4. The fourth-order valence-corrected chi connectivity index (χ4v) is 7.31. The van der Waals surface area contributed by atoms with E-state index in [0.717, 1.165) is 53.5 Å². The minimum absolute atomic E-state index is 0.00911. The summed E-state index contributed by atoms with van der Waals surface area (Å²) in [5.74, 6) is -2.73. The zero-order chi connectivity index (χ0) is 37.1. The average Bonchev–Trinajstić information content (AvgIpc) is 3.85. The van der Waals surface area contributed by atoms with Crippen LogP contribution in [0.15, 0.2) is 45.2 Å². The molecule has 2 aliphatic heterocycles. The Kier molecular flexibility index (Phi) is 10.9. The lowest BCUT2D eigenvalue weighted by molar-refractivity contribution is -0.146. The molecule has 2 aliphatic rings. The molecule has 2 aromatic heterocycles. The maximum absolute atomic E-state index is 13.4. The van der Waals surface area contributed by atoms with Gasteiger partial charge in [0.15, 0.2) is 0 Å². The van der Waals surface area contributed by atoms with Crippen molar-refractivity contribution in [2.45, 2.75) is 96.8 Å². The number of hydrogen-bond acceptors (Lipinski definition) is 12. The van der Waals surface area contributed by atoms with Gasteiger partial charge < -0.3 is 24.4 Å². The maximum atomic E-state index is 13.4. The van der Waals surface area contributed by atoms with E-state index in [2.05, 4.69) is 25.7 Å². The summed E-state index contributed by atoms with van der Waals surface area (Å²) >= 11 is 0. The highest BCUT2D eigenvalue weighted by Gasteiger charge is 2.36. The number of carboxylic acid groups (broad SMARTS) is 2. The number of aliphatic carboxylic acids is 2. The molecule has 6 rings (SSSR count). The number of carbonyl (C=O) groups excluding carboxylic acids is 2. The first kappa shape index (κ1) is 36.5. The van der Waals surface area contributed by atoms with Crippen molar-refractivity contribution < 1.29 is 38.2 Å². The first-order valence-electron chi connectivity index (χ1n) is 17.6. The van der Waals surface area contributed by atoms with Gasteiger partial charge in [0.25, 0.3) is 5.89 Å². The second kappa shape index (κ2) is 15.5. The predicted molar refractivity (Wildman–Crippen MR) is 187 cm³/mol. The molecule has 15 nitrogen and oxygen atoms in total. The molecule has 2 aromatic carbocycles. The molecule has 2 fully saturated rings. The second-order valence-corrected chi connectivity index (χ2v) is 13.5. The fourth-order valence-electron chi connectivity index (χ4n) is 7.31. The lowest BCUT2D eigenvalue weighted by atomic mass is 9.91. The van der Waals surface area contributed by atoms with Gasteiger partial charge in [-0.1, -0.05) is 43.2 Å². The molecule has 2 saturated heterocycles. The minimum atomic E-state index is -0.899. The molecular weight excluding hydrogens is 670 g/mol. The molecule has 3 N–H and O–H groups in total. The molecule has 4 heterocycles. The summed E-state index contributed by atoms with van der Waals surface area (Å²) < 4.78 is 11.5. The Hall–Kier alpha value is -5.28. The molecule has 0 radical (unpaired) electrons. The third kappa shape index (κ3) is 7.51. The molecule has 0 saturated carbocycles. The first-order valence-corrected chi connectivity index (χ1v) is 17.6. The van der Waals surface area contributed by atoms with Gasteiger partial charge in [-0.25, -0.2) is 0 Å². The van der Waals surface area contributed by atoms with Crippen molar-refractivity contribution in [3.8, 4) is 11.1 Å². The Morgan fingerprint density at radius 1 is 0.750 bits per heavy atom. The van der Waals surface area contributed by atoms with Gasteiger partial charge in [-0.05, 0) is 100 Å². The van der Waals surface area contributed by atoms with Crippen molar-refractivity contribution >= 4 is 29.3 Å². The Bertz CT molecular complexity index is 1830. The standard InChI is InChI=1S/C37H43N7O8/c1-20-24(19-30(45)34-41-39-32(51-34)22(3)43-17-7-5-15-28(43)36(47)48)11-9-12-25(20)26-13-10-14-27(21(26)2)38-31(46)35-42-40-33(52-35)23(4)44-18-8-6-16-29(44)37(49)50/h9-14,22-23,28-29H,5-8,15-19H2,1-4H3,(H,38,46)(H,47,48)(H,49,50)/t22-,23-,28-,29-/m0/s1. The van der Waals surface area contributed by atoms with Crippen LogP contribution in [0.3, 0.4) is 0 Å². The largest absolute Gasteiger partial charge is 0.480 e. The van der Waals surface area contributed by atoms with Crippen molar-refractivity contribution in [2.24, 2.45) is 0 Å². The molecular formula is C37H43N7O8. The topological polar surface area (TPSA) is 205 Å². The van der Waals surface area contributed by atoms with Crippen molar-refractivity contribution in [2.75, 3.05) is 18.4 Å². The summed E-state index contributed by atoms with van der Waals surface area (Å²) in [7, 11) is 0. The number of likely N-dealkylation sites (tertiary alicyclic amines) is 2. The number of ketones is 1. The molecule has 15 heteroatoms. The average molecular weight is 714 g/mol. The quantitative estimate of drug-likeness (QED) is 0.157. The molecule has 0 spiro atoms. The number of anilines is 1.